The SMILES string of the molecule is CC/C=C\C/C=C\C/C=C\C/C=C\C/C=C\CCCCCC(=O)OC(COC(=O)CCCCCCCCCCC)COP(=O)(O)OC1C(O)C(O)C(O)C(O)C1O. The number of phosphoric ester groups is 1. The number of carbonyl (C=O) groups excluding carboxylic acids is 2. The third-order valence-corrected chi connectivity index (χ3v) is 10.4. The quantitative estimate of drug-likeness (QED) is 0.0165. The van der Waals surface area contributed by atoms with E-state index in [9.17, 15) is 44.6 Å². The van der Waals surface area contributed by atoms with Gasteiger partial charge in [0.15, 0.2) is 6.10 Å². The van der Waals surface area contributed by atoms with Crippen molar-refractivity contribution in [2.45, 2.75) is 185 Å². The zero-order chi connectivity index (χ0) is 42.2. The molecule has 0 aliphatic heterocycles. The maximum atomic E-state index is 12.8. The molecule has 6 N–H and O–H groups in total. The van der Waals surface area contributed by atoms with Gasteiger partial charge in [-0.25, -0.2) is 4.57 Å². The number of hydrogen-bond acceptors (Lipinski definition) is 12. The minimum Gasteiger partial charge on any atom is -0.462 e. The molecule has 1 fully saturated rings. The van der Waals surface area contributed by atoms with Crippen LogP contribution in [0.5, 0.6) is 0 Å². The summed E-state index contributed by atoms with van der Waals surface area (Å²) in [5.41, 5.74) is 0. The first kappa shape index (κ1) is 52.6. The largest absolute Gasteiger partial charge is 0.472 e. The Labute approximate surface area is 341 Å². The van der Waals surface area contributed by atoms with Crippen molar-refractivity contribution in [3.8, 4) is 0 Å². The van der Waals surface area contributed by atoms with Gasteiger partial charge in [0.1, 0.15) is 43.2 Å². The van der Waals surface area contributed by atoms with E-state index in [2.05, 4.69) is 74.6 Å². The van der Waals surface area contributed by atoms with Crippen molar-refractivity contribution in [3.05, 3.63) is 60.8 Å². The van der Waals surface area contributed by atoms with Crippen LogP contribution in [0, 0.1) is 0 Å². The Bertz CT molecular complexity index is 1230. The molecule has 0 aromatic rings. The highest BCUT2D eigenvalue weighted by atomic mass is 31.2. The van der Waals surface area contributed by atoms with Gasteiger partial charge in [0, 0.05) is 12.8 Å². The minimum absolute atomic E-state index is 0.0560. The Morgan fingerprint density at radius 1 is 0.561 bits per heavy atom. The van der Waals surface area contributed by atoms with Crippen LogP contribution < -0.4 is 0 Å². The molecule has 0 spiro atoms. The predicted molar refractivity (Wildman–Crippen MR) is 221 cm³/mol. The molecule has 0 amide bonds. The molecule has 13 nitrogen and oxygen atoms in total. The lowest BCUT2D eigenvalue weighted by Gasteiger charge is -2.41. The number of rotatable bonds is 33. The number of aliphatic hydroxyl groups is 5. The van der Waals surface area contributed by atoms with Crippen LogP contribution in [-0.4, -0.2) is 98.3 Å². The van der Waals surface area contributed by atoms with Crippen LogP contribution in [0.2, 0.25) is 0 Å². The molecule has 57 heavy (non-hydrogen) atoms. The molecule has 0 bridgehead atoms. The Morgan fingerprint density at radius 2 is 1.00 bits per heavy atom. The molecule has 328 valence electrons. The van der Waals surface area contributed by atoms with Gasteiger partial charge in [0.25, 0.3) is 0 Å². The maximum Gasteiger partial charge on any atom is 0.472 e. The number of esters is 2. The number of ether oxygens (including phenoxy) is 2. The predicted octanol–water partition coefficient (Wildman–Crippen LogP) is 7.38. The first-order valence-corrected chi connectivity index (χ1v) is 22.6. The van der Waals surface area contributed by atoms with E-state index >= 15 is 0 Å². The lowest BCUT2D eigenvalue weighted by atomic mass is 9.85. The molecule has 14 heteroatoms. The fourth-order valence-corrected chi connectivity index (χ4v) is 6.93. The highest BCUT2D eigenvalue weighted by molar-refractivity contribution is 7.47. The highest BCUT2D eigenvalue weighted by Gasteiger charge is 2.51. The summed E-state index contributed by atoms with van der Waals surface area (Å²) < 4.78 is 33.3. The van der Waals surface area contributed by atoms with E-state index < -0.39 is 75.7 Å². The highest BCUT2D eigenvalue weighted by Crippen LogP contribution is 2.47. The number of unbranched alkanes of at least 4 members (excludes halogenated alkanes) is 11. The summed E-state index contributed by atoms with van der Waals surface area (Å²) >= 11 is 0. The third-order valence-electron chi connectivity index (χ3n) is 9.37. The van der Waals surface area contributed by atoms with Crippen molar-refractivity contribution in [2.24, 2.45) is 0 Å². The Morgan fingerprint density at radius 3 is 1.53 bits per heavy atom. The zero-order valence-corrected chi connectivity index (χ0v) is 35.3. The molecular formula is C43H73O13P. The van der Waals surface area contributed by atoms with E-state index in [0.717, 1.165) is 70.6 Å². The van der Waals surface area contributed by atoms with Crippen molar-refractivity contribution < 1.29 is 63.1 Å². The van der Waals surface area contributed by atoms with Crippen molar-refractivity contribution in [3.63, 3.8) is 0 Å². The fourth-order valence-electron chi connectivity index (χ4n) is 5.96. The summed E-state index contributed by atoms with van der Waals surface area (Å²) in [7, 11) is -5.12. The standard InChI is InChI=1S/C43H73O13P/c1-3-5-7-9-11-13-14-15-16-17-18-19-20-21-22-24-26-28-30-32-37(45)55-35(33-53-36(44)31-29-27-25-23-12-10-8-6-4-2)34-54-57(51,52)56-43-41(49)39(47)38(46)40(48)42(43)50/h5,7,11,13,15-16,18-19,21-22,35,38-43,46-50H,3-4,6,8-10,12,14,17,20,23-34H2,1-2H3,(H,51,52)/b7-5-,13-11-,16-15-,19-18-,22-21-. The molecule has 0 saturated heterocycles. The van der Waals surface area contributed by atoms with E-state index in [1.54, 1.807) is 0 Å². The van der Waals surface area contributed by atoms with Gasteiger partial charge in [0.05, 0.1) is 6.61 Å². The van der Waals surface area contributed by atoms with Crippen molar-refractivity contribution in [2.75, 3.05) is 13.2 Å². The van der Waals surface area contributed by atoms with Gasteiger partial charge in [-0.1, -0.05) is 132 Å². The molecule has 0 radical (unpaired) electrons. The second-order valence-electron chi connectivity index (χ2n) is 14.5. The van der Waals surface area contributed by atoms with Crippen LogP contribution in [-0.2, 0) is 32.7 Å². The van der Waals surface area contributed by atoms with Crippen molar-refractivity contribution in [1.29, 1.82) is 0 Å². The van der Waals surface area contributed by atoms with Gasteiger partial charge < -0.3 is 39.9 Å². The van der Waals surface area contributed by atoms with Crippen molar-refractivity contribution in [1.82, 2.24) is 0 Å². The monoisotopic (exact) mass is 828 g/mol. The van der Waals surface area contributed by atoms with Crippen LogP contribution in [0.15, 0.2) is 60.8 Å². The van der Waals surface area contributed by atoms with E-state index in [4.69, 9.17) is 18.5 Å². The number of aliphatic hydroxyl groups excluding tert-OH is 5. The molecule has 1 saturated carbocycles. The average Bonchev–Trinajstić information content (AvgIpc) is 3.19. The van der Waals surface area contributed by atoms with Crippen LogP contribution >= 0.6 is 7.82 Å². The Kier molecular flexibility index (Phi) is 30.8. The number of allylic oxidation sites excluding steroid dienone is 10. The molecule has 0 aromatic heterocycles. The molecular weight excluding hydrogens is 755 g/mol. The minimum atomic E-state index is -5.12. The third kappa shape index (κ3) is 26.3. The van der Waals surface area contributed by atoms with E-state index in [-0.39, 0.29) is 12.8 Å². The van der Waals surface area contributed by atoms with Crippen LogP contribution in [0.3, 0.4) is 0 Å². The summed E-state index contributed by atoms with van der Waals surface area (Å²) in [5.74, 6) is -1.15. The smallest absolute Gasteiger partial charge is 0.462 e. The molecule has 6 atom stereocenters. The Balaban J connectivity index is 2.51. The number of carbonyl (C=O) groups is 2. The van der Waals surface area contributed by atoms with Gasteiger partial charge in [-0.15, -0.1) is 0 Å². The van der Waals surface area contributed by atoms with Gasteiger partial charge >= 0.3 is 19.8 Å². The van der Waals surface area contributed by atoms with Crippen molar-refractivity contribution >= 4 is 19.8 Å². The van der Waals surface area contributed by atoms with Gasteiger partial charge in [-0.3, -0.25) is 18.6 Å². The normalized spacial score (nSPS) is 23.3. The lowest BCUT2D eigenvalue weighted by Crippen LogP contribution is -2.64. The van der Waals surface area contributed by atoms with Crippen LogP contribution in [0.1, 0.15) is 142 Å². The summed E-state index contributed by atoms with van der Waals surface area (Å²) in [5, 5.41) is 50.0. The topological polar surface area (TPSA) is 210 Å². The van der Waals surface area contributed by atoms with E-state index in [1.807, 2.05) is 0 Å². The summed E-state index contributed by atoms with van der Waals surface area (Å²) in [4.78, 5) is 35.5. The summed E-state index contributed by atoms with van der Waals surface area (Å²) in [6.45, 7) is 3.10. The van der Waals surface area contributed by atoms with Crippen LogP contribution in [0.25, 0.3) is 0 Å². The molecule has 6 unspecified atom stereocenters. The number of hydrogen-bond donors (Lipinski definition) is 6. The maximum absolute atomic E-state index is 12.8. The first-order chi connectivity index (χ1) is 27.4. The van der Waals surface area contributed by atoms with Gasteiger partial charge in [-0.05, 0) is 57.8 Å². The molecule has 0 heterocycles. The average molecular weight is 829 g/mol. The summed E-state index contributed by atoms with van der Waals surface area (Å²) in [6, 6.07) is 0. The zero-order valence-electron chi connectivity index (χ0n) is 34.4. The van der Waals surface area contributed by atoms with Gasteiger partial charge in [-0.2, -0.15) is 0 Å². The fraction of sp³-hybridized carbons (Fsp3) is 0.721. The summed E-state index contributed by atoms with van der Waals surface area (Å²) in [6.07, 6.45) is 25.8. The van der Waals surface area contributed by atoms with Crippen LogP contribution in [0.4, 0.5) is 0 Å². The van der Waals surface area contributed by atoms with E-state index in [1.165, 1.54) is 32.1 Å². The Hall–Kier alpha value is -2.45. The lowest BCUT2D eigenvalue weighted by molar-refractivity contribution is -0.220. The number of phosphoric acid groups is 1. The molecule has 1 aliphatic carbocycles. The molecule has 1 rings (SSSR count). The molecule has 1 aliphatic rings. The van der Waals surface area contributed by atoms with E-state index in [0.29, 0.717) is 12.8 Å². The van der Waals surface area contributed by atoms with Gasteiger partial charge in [0.2, 0.25) is 0 Å². The molecule has 0 aromatic carbocycles. The second-order valence-corrected chi connectivity index (χ2v) is 15.9. The second kappa shape index (κ2) is 33.4. The first-order valence-electron chi connectivity index (χ1n) is 21.1.